The molecule has 96 valence electrons. The van der Waals surface area contributed by atoms with Crippen molar-refractivity contribution in [3.63, 3.8) is 0 Å². The van der Waals surface area contributed by atoms with Crippen LogP contribution in [0.15, 0.2) is 12.3 Å². The van der Waals surface area contributed by atoms with Gasteiger partial charge in [0.05, 0.1) is 18.8 Å². The highest BCUT2D eigenvalue weighted by Gasteiger charge is 2.20. The third-order valence-corrected chi connectivity index (χ3v) is 2.76. The third kappa shape index (κ3) is 4.88. The molecule has 2 rings (SSSR count). The molecule has 0 radical (unpaired) electrons. The van der Waals surface area contributed by atoms with Gasteiger partial charge in [-0.3, -0.25) is 4.68 Å². The van der Waals surface area contributed by atoms with Crippen LogP contribution in [0.5, 0.6) is 0 Å². The monoisotopic (exact) mass is 237 g/mol. The number of hydrogen-bond donors (Lipinski definition) is 1. The number of nitrogens with zero attached hydrogens (tertiary/aromatic N) is 2. The van der Waals surface area contributed by atoms with Crippen molar-refractivity contribution in [3.05, 3.63) is 18.0 Å². The third-order valence-electron chi connectivity index (χ3n) is 2.76. The average Bonchev–Trinajstić information content (AvgIpc) is 3.01. The maximum Gasteiger partial charge on any atom is 0.0762 e. The van der Waals surface area contributed by atoms with E-state index >= 15 is 0 Å². The van der Waals surface area contributed by atoms with Crippen LogP contribution in [-0.2, 0) is 17.8 Å². The topological polar surface area (TPSA) is 39.1 Å². The van der Waals surface area contributed by atoms with E-state index in [1.807, 2.05) is 10.9 Å². The highest BCUT2D eigenvalue weighted by molar-refractivity contribution is 4.99. The number of rotatable bonds is 8. The fraction of sp³-hybridized carbons (Fsp3) is 0.769. The average molecular weight is 237 g/mol. The zero-order chi connectivity index (χ0) is 12.1. The van der Waals surface area contributed by atoms with E-state index in [4.69, 9.17) is 4.74 Å². The maximum atomic E-state index is 5.54. The van der Waals surface area contributed by atoms with Crippen molar-refractivity contribution in [1.29, 1.82) is 0 Å². The van der Waals surface area contributed by atoms with Crippen LogP contribution in [0.3, 0.4) is 0 Å². The Morgan fingerprint density at radius 3 is 3.06 bits per heavy atom. The SMILES string of the molecule is CC(C)COCCn1ccc(CNC2CC2)n1. The van der Waals surface area contributed by atoms with Gasteiger partial charge in [0.15, 0.2) is 0 Å². The van der Waals surface area contributed by atoms with Gasteiger partial charge in [-0.05, 0) is 24.8 Å². The number of ether oxygens (including phenoxy) is 1. The minimum Gasteiger partial charge on any atom is -0.379 e. The van der Waals surface area contributed by atoms with E-state index < -0.39 is 0 Å². The van der Waals surface area contributed by atoms with Crippen molar-refractivity contribution in [2.24, 2.45) is 5.92 Å². The highest BCUT2D eigenvalue weighted by Crippen LogP contribution is 2.18. The summed E-state index contributed by atoms with van der Waals surface area (Å²) in [6.45, 7) is 7.64. The molecule has 1 aliphatic rings. The van der Waals surface area contributed by atoms with E-state index in [1.54, 1.807) is 0 Å². The van der Waals surface area contributed by atoms with Crippen molar-refractivity contribution in [2.45, 2.75) is 45.8 Å². The number of nitrogens with one attached hydrogen (secondary N) is 1. The Bertz CT molecular complexity index is 331. The van der Waals surface area contributed by atoms with E-state index in [9.17, 15) is 0 Å². The van der Waals surface area contributed by atoms with Gasteiger partial charge >= 0.3 is 0 Å². The summed E-state index contributed by atoms with van der Waals surface area (Å²) in [6, 6.07) is 2.83. The van der Waals surface area contributed by atoms with Crippen molar-refractivity contribution < 1.29 is 4.74 Å². The summed E-state index contributed by atoms with van der Waals surface area (Å²) in [5.74, 6) is 0.603. The van der Waals surface area contributed by atoms with Gasteiger partial charge in [-0.2, -0.15) is 5.10 Å². The molecule has 0 aliphatic heterocycles. The fourth-order valence-electron chi connectivity index (χ4n) is 1.64. The Labute approximate surface area is 103 Å². The molecule has 1 aromatic heterocycles. The molecule has 0 amide bonds. The molecule has 17 heavy (non-hydrogen) atoms. The molecule has 0 unspecified atom stereocenters. The van der Waals surface area contributed by atoms with Gasteiger partial charge < -0.3 is 10.1 Å². The fourth-order valence-corrected chi connectivity index (χ4v) is 1.64. The Morgan fingerprint density at radius 2 is 2.35 bits per heavy atom. The van der Waals surface area contributed by atoms with Gasteiger partial charge in [0.2, 0.25) is 0 Å². The van der Waals surface area contributed by atoms with E-state index in [-0.39, 0.29) is 0 Å². The molecule has 1 N–H and O–H groups in total. The Balaban J connectivity index is 1.62. The molecule has 0 atom stereocenters. The summed E-state index contributed by atoms with van der Waals surface area (Å²) in [4.78, 5) is 0. The van der Waals surface area contributed by atoms with Crippen LogP contribution >= 0.6 is 0 Å². The Morgan fingerprint density at radius 1 is 1.53 bits per heavy atom. The van der Waals surface area contributed by atoms with Crippen LogP contribution in [0.2, 0.25) is 0 Å². The zero-order valence-corrected chi connectivity index (χ0v) is 10.9. The molecule has 0 spiro atoms. The lowest BCUT2D eigenvalue weighted by atomic mass is 10.2. The highest BCUT2D eigenvalue weighted by atomic mass is 16.5. The van der Waals surface area contributed by atoms with E-state index in [2.05, 4.69) is 30.3 Å². The predicted octanol–water partition coefficient (Wildman–Crippen LogP) is 1.81. The summed E-state index contributed by atoms with van der Waals surface area (Å²) in [5.41, 5.74) is 1.13. The predicted molar refractivity (Wildman–Crippen MR) is 67.7 cm³/mol. The molecule has 1 aliphatic carbocycles. The molecule has 1 fully saturated rings. The normalized spacial score (nSPS) is 15.7. The van der Waals surface area contributed by atoms with Crippen molar-refractivity contribution >= 4 is 0 Å². The van der Waals surface area contributed by atoms with Crippen LogP contribution in [0, 0.1) is 5.92 Å². The lowest BCUT2D eigenvalue weighted by Gasteiger charge is -2.06. The van der Waals surface area contributed by atoms with Gasteiger partial charge in [0, 0.05) is 25.4 Å². The first-order valence-electron chi connectivity index (χ1n) is 6.57. The zero-order valence-electron chi connectivity index (χ0n) is 10.9. The molecule has 0 saturated heterocycles. The molecular formula is C13H23N3O. The second-order valence-electron chi connectivity index (χ2n) is 5.19. The summed E-state index contributed by atoms with van der Waals surface area (Å²) in [7, 11) is 0. The van der Waals surface area contributed by atoms with Crippen LogP contribution in [0.25, 0.3) is 0 Å². The van der Waals surface area contributed by atoms with Gasteiger partial charge in [0.1, 0.15) is 0 Å². The second-order valence-corrected chi connectivity index (χ2v) is 5.19. The Kier molecular flexibility index (Phi) is 4.57. The van der Waals surface area contributed by atoms with Crippen molar-refractivity contribution in [2.75, 3.05) is 13.2 Å². The first kappa shape index (κ1) is 12.6. The van der Waals surface area contributed by atoms with Crippen LogP contribution < -0.4 is 5.32 Å². The summed E-state index contributed by atoms with van der Waals surface area (Å²) >= 11 is 0. The molecule has 1 aromatic rings. The summed E-state index contributed by atoms with van der Waals surface area (Å²) in [5, 5.41) is 7.96. The molecular weight excluding hydrogens is 214 g/mol. The molecule has 0 bridgehead atoms. The molecule has 0 aromatic carbocycles. The summed E-state index contributed by atoms with van der Waals surface area (Å²) < 4.78 is 7.50. The van der Waals surface area contributed by atoms with Crippen LogP contribution in [0.1, 0.15) is 32.4 Å². The van der Waals surface area contributed by atoms with Crippen LogP contribution in [0.4, 0.5) is 0 Å². The lowest BCUT2D eigenvalue weighted by Crippen LogP contribution is -2.16. The van der Waals surface area contributed by atoms with Gasteiger partial charge in [-0.15, -0.1) is 0 Å². The summed E-state index contributed by atoms with van der Waals surface area (Å²) in [6.07, 6.45) is 4.68. The molecule has 1 saturated carbocycles. The number of hydrogen-bond acceptors (Lipinski definition) is 3. The molecule has 1 heterocycles. The minimum absolute atomic E-state index is 0.603. The van der Waals surface area contributed by atoms with E-state index in [1.165, 1.54) is 12.8 Å². The lowest BCUT2D eigenvalue weighted by molar-refractivity contribution is 0.101. The van der Waals surface area contributed by atoms with E-state index in [0.29, 0.717) is 5.92 Å². The Hall–Kier alpha value is -0.870. The molecule has 4 heteroatoms. The minimum atomic E-state index is 0.603. The standard InChI is InChI=1S/C13H23N3O/c1-11(2)10-17-8-7-16-6-5-13(15-16)9-14-12-3-4-12/h5-6,11-12,14H,3-4,7-10H2,1-2H3. The smallest absolute Gasteiger partial charge is 0.0762 e. The van der Waals surface area contributed by atoms with E-state index in [0.717, 1.165) is 38.0 Å². The first-order chi connectivity index (χ1) is 8.24. The molecule has 4 nitrogen and oxygen atoms in total. The number of aromatic nitrogens is 2. The van der Waals surface area contributed by atoms with Crippen molar-refractivity contribution in [1.82, 2.24) is 15.1 Å². The quantitative estimate of drug-likeness (QED) is 0.701. The second kappa shape index (κ2) is 6.17. The van der Waals surface area contributed by atoms with Gasteiger partial charge in [-0.25, -0.2) is 0 Å². The van der Waals surface area contributed by atoms with Crippen LogP contribution in [-0.4, -0.2) is 29.0 Å². The van der Waals surface area contributed by atoms with Gasteiger partial charge in [0.25, 0.3) is 0 Å². The van der Waals surface area contributed by atoms with Crippen molar-refractivity contribution in [3.8, 4) is 0 Å². The largest absolute Gasteiger partial charge is 0.379 e. The van der Waals surface area contributed by atoms with Gasteiger partial charge in [-0.1, -0.05) is 13.8 Å². The first-order valence-corrected chi connectivity index (χ1v) is 6.57. The maximum absolute atomic E-state index is 5.54.